The number of benzene rings is 1. The van der Waals surface area contributed by atoms with Crippen LogP contribution in [-0.4, -0.2) is 10.3 Å². The number of rotatable bonds is 3. The molecule has 2 aromatic rings. The van der Waals surface area contributed by atoms with Gasteiger partial charge in [0.15, 0.2) is 5.75 Å². The molecule has 7 heteroatoms. The number of nitrogens with two attached hydrogens (primary N) is 1. The molecule has 2 N–H and O–H groups in total. The fourth-order valence-corrected chi connectivity index (χ4v) is 2.20. The van der Waals surface area contributed by atoms with Crippen LogP contribution < -0.4 is 10.5 Å². The van der Waals surface area contributed by atoms with E-state index in [4.69, 9.17) is 22.1 Å². The molecule has 0 amide bonds. The Hall–Kier alpha value is -1.27. The molecule has 0 aliphatic carbocycles. The lowest BCUT2D eigenvalue weighted by atomic mass is 10.3. The molecular formula is C10H9BrClN3O2. The number of halogens is 2. The predicted octanol–water partition coefficient (Wildman–Crippen LogP) is 2.96. The summed E-state index contributed by atoms with van der Waals surface area (Å²) >= 11 is 9.18. The van der Waals surface area contributed by atoms with Gasteiger partial charge in [0.25, 0.3) is 0 Å². The predicted molar refractivity (Wildman–Crippen MR) is 66.9 cm³/mol. The summed E-state index contributed by atoms with van der Waals surface area (Å²) < 4.78 is 10.8. The average molecular weight is 319 g/mol. The quantitative estimate of drug-likeness (QED) is 0.881. The molecule has 0 saturated carbocycles. The van der Waals surface area contributed by atoms with E-state index in [9.17, 15) is 0 Å². The van der Waals surface area contributed by atoms with Crippen LogP contribution in [0.25, 0.3) is 0 Å². The van der Waals surface area contributed by atoms with Crippen molar-refractivity contribution < 1.29 is 9.37 Å². The van der Waals surface area contributed by atoms with E-state index in [2.05, 4.69) is 30.9 Å². The molecule has 0 bridgehead atoms. The zero-order chi connectivity index (χ0) is 12.4. The van der Waals surface area contributed by atoms with E-state index in [-0.39, 0.29) is 6.61 Å². The van der Waals surface area contributed by atoms with Crippen LogP contribution in [0.5, 0.6) is 5.75 Å². The number of nitrogens with zero attached hydrogens (tertiary/aromatic N) is 2. The van der Waals surface area contributed by atoms with Gasteiger partial charge in [-0.25, -0.2) is 4.63 Å². The maximum Gasteiger partial charge on any atom is 0.157 e. The van der Waals surface area contributed by atoms with Gasteiger partial charge in [-0.1, -0.05) is 21.9 Å². The third-order valence-corrected chi connectivity index (χ3v) is 2.94. The molecule has 0 saturated heterocycles. The lowest BCUT2D eigenvalue weighted by molar-refractivity contribution is 0.270. The second-order valence-corrected chi connectivity index (χ2v) is 4.68. The standard InChI is InChI=1S/C10H9BrClN3O2/c1-5-9(15-17-14-5)4-16-10-7(11)2-6(12)3-8(10)13/h2-3H,4,13H2,1H3. The molecule has 0 unspecified atom stereocenters. The molecule has 2 rings (SSSR count). The molecule has 1 aromatic carbocycles. The van der Waals surface area contributed by atoms with Crippen molar-refractivity contribution in [1.82, 2.24) is 10.3 Å². The summed E-state index contributed by atoms with van der Waals surface area (Å²) in [5.41, 5.74) is 7.58. The zero-order valence-electron chi connectivity index (χ0n) is 8.91. The van der Waals surface area contributed by atoms with Crippen molar-refractivity contribution in [2.24, 2.45) is 0 Å². The van der Waals surface area contributed by atoms with Crippen molar-refractivity contribution in [3.8, 4) is 5.75 Å². The first-order chi connectivity index (χ1) is 8.08. The van der Waals surface area contributed by atoms with Crippen LogP contribution in [0, 0.1) is 6.92 Å². The van der Waals surface area contributed by atoms with Crippen LogP contribution in [0.3, 0.4) is 0 Å². The van der Waals surface area contributed by atoms with Crippen molar-refractivity contribution >= 4 is 33.2 Å². The number of anilines is 1. The highest BCUT2D eigenvalue weighted by Crippen LogP contribution is 2.35. The van der Waals surface area contributed by atoms with E-state index >= 15 is 0 Å². The van der Waals surface area contributed by atoms with Crippen LogP contribution in [0.1, 0.15) is 11.4 Å². The van der Waals surface area contributed by atoms with Gasteiger partial charge in [-0.2, -0.15) is 0 Å². The second kappa shape index (κ2) is 4.93. The fraction of sp³-hybridized carbons (Fsp3) is 0.200. The van der Waals surface area contributed by atoms with Gasteiger partial charge in [0, 0.05) is 5.02 Å². The van der Waals surface area contributed by atoms with Crippen LogP contribution in [0.2, 0.25) is 5.02 Å². The summed E-state index contributed by atoms with van der Waals surface area (Å²) in [6.45, 7) is 2.02. The Morgan fingerprint density at radius 3 is 2.82 bits per heavy atom. The largest absolute Gasteiger partial charge is 0.484 e. The highest BCUT2D eigenvalue weighted by molar-refractivity contribution is 9.10. The number of hydrogen-bond acceptors (Lipinski definition) is 5. The Bertz CT molecular complexity index is 521. The molecule has 0 aliphatic rings. The maximum absolute atomic E-state index is 5.84. The first-order valence-corrected chi connectivity index (χ1v) is 5.90. The van der Waals surface area contributed by atoms with Gasteiger partial charge in [-0.3, -0.25) is 0 Å². The lowest BCUT2D eigenvalue weighted by Crippen LogP contribution is -2.01. The van der Waals surface area contributed by atoms with Crippen molar-refractivity contribution in [1.29, 1.82) is 0 Å². The average Bonchev–Trinajstić information content (AvgIpc) is 2.62. The molecule has 17 heavy (non-hydrogen) atoms. The topological polar surface area (TPSA) is 74.2 Å². The molecule has 0 radical (unpaired) electrons. The van der Waals surface area contributed by atoms with Crippen molar-refractivity contribution in [2.75, 3.05) is 5.73 Å². The monoisotopic (exact) mass is 317 g/mol. The maximum atomic E-state index is 5.84. The Morgan fingerprint density at radius 2 is 2.24 bits per heavy atom. The number of ether oxygens (including phenoxy) is 1. The van der Waals surface area contributed by atoms with Gasteiger partial charge in [0.2, 0.25) is 0 Å². The lowest BCUT2D eigenvalue weighted by Gasteiger charge is -2.10. The molecule has 0 spiro atoms. The van der Waals surface area contributed by atoms with Gasteiger partial charge < -0.3 is 10.5 Å². The summed E-state index contributed by atoms with van der Waals surface area (Å²) in [7, 11) is 0. The number of aryl methyl sites for hydroxylation is 1. The third-order valence-electron chi connectivity index (χ3n) is 2.14. The minimum Gasteiger partial charge on any atom is -0.484 e. The van der Waals surface area contributed by atoms with E-state index in [1.54, 1.807) is 19.1 Å². The molecule has 90 valence electrons. The van der Waals surface area contributed by atoms with E-state index in [1.165, 1.54) is 0 Å². The SMILES string of the molecule is Cc1nonc1COc1c(N)cc(Cl)cc1Br. The zero-order valence-corrected chi connectivity index (χ0v) is 11.2. The normalized spacial score (nSPS) is 10.5. The number of hydrogen-bond donors (Lipinski definition) is 1. The summed E-state index contributed by atoms with van der Waals surface area (Å²) in [5, 5.41) is 7.91. The van der Waals surface area contributed by atoms with Crippen molar-refractivity contribution in [2.45, 2.75) is 13.5 Å². The number of nitrogen functional groups attached to an aromatic ring is 1. The summed E-state index contributed by atoms with van der Waals surface area (Å²) in [6.07, 6.45) is 0. The van der Waals surface area contributed by atoms with Crippen LogP contribution >= 0.6 is 27.5 Å². The van der Waals surface area contributed by atoms with Crippen LogP contribution in [-0.2, 0) is 6.61 Å². The minimum atomic E-state index is 0.236. The Morgan fingerprint density at radius 1 is 1.47 bits per heavy atom. The molecule has 5 nitrogen and oxygen atoms in total. The van der Waals surface area contributed by atoms with Gasteiger partial charge in [0.1, 0.15) is 18.0 Å². The van der Waals surface area contributed by atoms with Gasteiger partial charge in [-0.05, 0) is 35.0 Å². The molecule has 1 aromatic heterocycles. The molecule has 0 atom stereocenters. The van der Waals surface area contributed by atoms with E-state index in [0.717, 1.165) is 0 Å². The van der Waals surface area contributed by atoms with E-state index < -0.39 is 0 Å². The molecule has 1 heterocycles. The Kier molecular flexibility index (Phi) is 3.54. The van der Waals surface area contributed by atoms with Gasteiger partial charge in [-0.15, -0.1) is 0 Å². The Labute approximate surface area is 111 Å². The van der Waals surface area contributed by atoms with Gasteiger partial charge >= 0.3 is 0 Å². The summed E-state index contributed by atoms with van der Waals surface area (Å²) in [5.74, 6) is 0.525. The summed E-state index contributed by atoms with van der Waals surface area (Å²) in [6, 6.07) is 3.33. The first-order valence-electron chi connectivity index (χ1n) is 4.73. The van der Waals surface area contributed by atoms with E-state index in [1.807, 2.05) is 0 Å². The molecule has 0 fully saturated rings. The van der Waals surface area contributed by atoms with Crippen LogP contribution in [0.4, 0.5) is 5.69 Å². The summed E-state index contributed by atoms with van der Waals surface area (Å²) in [4.78, 5) is 0. The minimum absolute atomic E-state index is 0.236. The highest BCUT2D eigenvalue weighted by atomic mass is 79.9. The Balaban J connectivity index is 2.17. The molecule has 0 aliphatic heterocycles. The first kappa shape index (κ1) is 12.2. The third kappa shape index (κ3) is 2.70. The van der Waals surface area contributed by atoms with Crippen molar-refractivity contribution in [3.05, 3.63) is 33.0 Å². The molecular weight excluding hydrogens is 309 g/mol. The fourth-order valence-electron chi connectivity index (χ4n) is 1.25. The van der Waals surface area contributed by atoms with Crippen LogP contribution in [0.15, 0.2) is 21.2 Å². The van der Waals surface area contributed by atoms with Crippen molar-refractivity contribution in [3.63, 3.8) is 0 Å². The smallest absolute Gasteiger partial charge is 0.157 e. The van der Waals surface area contributed by atoms with Gasteiger partial charge in [0.05, 0.1) is 10.2 Å². The number of aromatic nitrogens is 2. The second-order valence-electron chi connectivity index (χ2n) is 3.39. The van der Waals surface area contributed by atoms with E-state index in [0.29, 0.717) is 32.3 Å². The highest BCUT2D eigenvalue weighted by Gasteiger charge is 2.11.